The van der Waals surface area contributed by atoms with E-state index in [1.807, 2.05) is 31.2 Å². The van der Waals surface area contributed by atoms with Gasteiger partial charge in [0.05, 0.1) is 17.7 Å². The molecule has 1 atom stereocenters. The van der Waals surface area contributed by atoms with Crippen molar-refractivity contribution < 1.29 is 27.5 Å². The number of amides is 2. The molecule has 9 nitrogen and oxygen atoms in total. The Morgan fingerprint density at radius 1 is 1.18 bits per heavy atom. The third kappa shape index (κ3) is 4.78. The summed E-state index contributed by atoms with van der Waals surface area (Å²) in [4.78, 5) is 26.4. The lowest BCUT2D eigenvalue weighted by Crippen LogP contribution is -2.50. The highest BCUT2D eigenvalue weighted by molar-refractivity contribution is 7.89. The van der Waals surface area contributed by atoms with Crippen LogP contribution in [0.5, 0.6) is 11.5 Å². The highest BCUT2D eigenvalue weighted by atomic mass is 32.2. The van der Waals surface area contributed by atoms with Crippen LogP contribution >= 0.6 is 0 Å². The molecule has 0 spiro atoms. The number of sulfonamides is 1. The first-order valence-electron chi connectivity index (χ1n) is 11.0. The maximum absolute atomic E-state index is 13.2. The van der Waals surface area contributed by atoms with Crippen LogP contribution in [0.3, 0.4) is 0 Å². The van der Waals surface area contributed by atoms with Crippen molar-refractivity contribution in [3.8, 4) is 11.5 Å². The molecule has 180 valence electrons. The summed E-state index contributed by atoms with van der Waals surface area (Å²) >= 11 is 0. The Balaban J connectivity index is 1.41. The molecule has 2 aliphatic rings. The highest BCUT2D eigenvalue weighted by Crippen LogP contribution is 2.33. The molecular formula is C24H27N3O6S. The van der Waals surface area contributed by atoms with Gasteiger partial charge in [-0.2, -0.15) is 4.31 Å². The standard InChI is InChI=1S/C24H27N3O6S/c1-3-20-24(29)25-19-16-18(9-10-22(19)33-20)34(30,31)27-14-12-26(13-15-27)23(28)11-8-17-6-4-5-7-21(17)32-2/h4-11,16,20H,3,12-15H2,1-2H3,(H,25,29)/b11-8+/t20-/m1/s1. The number of benzene rings is 2. The molecule has 34 heavy (non-hydrogen) atoms. The molecule has 2 aromatic carbocycles. The molecular weight excluding hydrogens is 458 g/mol. The maximum Gasteiger partial charge on any atom is 0.265 e. The minimum absolute atomic E-state index is 0.0703. The van der Waals surface area contributed by atoms with Crippen LogP contribution in [-0.2, 0) is 19.6 Å². The lowest BCUT2D eigenvalue weighted by Gasteiger charge is -2.33. The van der Waals surface area contributed by atoms with Crippen LogP contribution < -0.4 is 14.8 Å². The number of carbonyl (C=O) groups excluding carboxylic acids is 2. The largest absolute Gasteiger partial charge is 0.496 e. The minimum atomic E-state index is -3.79. The van der Waals surface area contributed by atoms with Crippen molar-refractivity contribution >= 4 is 33.6 Å². The Morgan fingerprint density at radius 3 is 2.62 bits per heavy atom. The van der Waals surface area contributed by atoms with E-state index in [0.717, 1.165) is 5.56 Å². The summed E-state index contributed by atoms with van der Waals surface area (Å²) in [6, 6.07) is 11.8. The smallest absolute Gasteiger partial charge is 0.265 e. The van der Waals surface area contributed by atoms with Gasteiger partial charge in [-0.3, -0.25) is 9.59 Å². The second-order valence-electron chi connectivity index (χ2n) is 7.97. The zero-order valence-corrected chi connectivity index (χ0v) is 19.9. The van der Waals surface area contributed by atoms with Crippen LogP contribution in [0.2, 0.25) is 0 Å². The molecule has 2 aliphatic heterocycles. The number of methoxy groups -OCH3 is 1. The fourth-order valence-electron chi connectivity index (χ4n) is 3.93. The molecule has 1 N–H and O–H groups in total. The summed E-state index contributed by atoms with van der Waals surface area (Å²) < 4.78 is 38.6. The lowest BCUT2D eigenvalue weighted by molar-refractivity contribution is -0.127. The Hall–Kier alpha value is -3.37. The van der Waals surface area contributed by atoms with Gasteiger partial charge in [0.25, 0.3) is 5.91 Å². The van der Waals surface area contributed by atoms with Gasteiger partial charge in [0.2, 0.25) is 15.9 Å². The van der Waals surface area contributed by atoms with Crippen molar-refractivity contribution in [3.63, 3.8) is 0 Å². The molecule has 0 radical (unpaired) electrons. The van der Waals surface area contributed by atoms with Crippen molar-refractivity contribution in [2.24, 2.45) is 0 Å². The molecule has 0 bridgehead atoms. The zero-order chi connectivity index (χ0) is 24.3. The predicted octanol–water partition coefficient (Wildman–Crippen LogP) is 2.35. The first-order chi connectivity index (χ1) is 16.3. The predicted molar refractivity (Wildman–Crippen MR) is 127 cm³/mol. The van der Waals surface area contributed by atoms with Crippen molar-refractivity contribution in [1.29, 1.82) is 0 Å². The van der Waals surface area contributed by atoms with Crippen LogP contribution in [0.4, 0.5) is 5.69 Å². The van der Waals surface area contributed by atoms with E-state index in [0.29, 0.717) is 23.6 Å². The summed E-state index contributed by atoms with van der Waals surface area (Å²) in [7, 11) is -2.22. The van der Waals surface area contributed by atoms with Crippen LogP contribution in [0, 0.1) is 0 Å². The molecule has 0 saturated carbocycles. The number of anilines is 1. The summed E-state index contributed by atoms with van der Waals surface area (Å²) in [6.45, 7) is 2.74. The summed E-state index contributed by atoms with van der Waals surface area (Å²) in [6.07, 6.45) is 3.09. The van der Waals surface area contributed by atoms with Gasteiger partial charge in [-0.15, -0.1) is 0 Å². The normalized spacial score (nSPS) is 18.8. The zero-order valence-electron chi connectivity index (χ0n) is 19.1. The van der Waals surface area contributed by atoms with Gasteiger partial charge in [0.1, 0.15) is 11.5 Å². The highest BCUT2D eigenvalue weighted by Gasteiger charge is 2.32. The number of nitrogens with zero attached hydrogens (tertiary/aromatic N) is 2. The Kier molecular flexibility index (Phi) is 6.90. The third-order valence-corrected chi connectivity index (χ3v) is 7.77. The average molecular weight is 486 g/mol. The number of para-hydroxylation sites is 1. The number of carbonyl (C=O) groups is 2. The summed E-state index contributed by atoms with van der Waals surface area (Å²) in [5.41, 5.74) is 1.12. The number of hydrogen-bond donors (Lipinski definition) is 1. The molecule has 4 rings (SSSR count). The Labute approximate surface area is 199 Å². The molecule has 1 fully saturated rings. The Morgan fingerprint density at radius 2 is 1.91 bits per heavy atom. The topological polar surface area (TPSA) is 105 Å². The molecule has 0 unspecified atom stereocenters. The number of hydrogen-bond acceptors (Lipinski definition) is 6. The summed E-state index contributed by atoms with van der Waals surface area (Å²) in [5.74, 6) is 0.627. The SMILES string of the molecule is CC[C@H]1Oc2ccc(S(=O)(=O)N3CCN(C(=O)/C=C/c4ccccc4OC)CC3)cc2NC1=O. The molecule has 2 aromatic rings. The molecule has 2 heterocycles. The number of piperazine rings is 1. The fraction of sp³-hybridized carbons (Fsp3) is 0.333. The first-order valence-corrected chi connectivity index (χ1v) is 12.5. The van der Waals surface area contributed by atoms with E-state index in [-0.39, 0.29) is 42.9 Å². The quantitative estimate of drug-likeness (QED) is 0.630. The van der Waals surface area contributed by atoms with Gasteiger partial charge in [0, 0.05) is 37.8 Å². The number of nitrogens with one attached hydrogen (secondary N) is 1. The van der Waals surface area contributed by atoms with Gasteiger partial charge in [-0.05, 0) is 36.8 Å². The van der Waals surface area contributed by atoms with Crippen molar-refractivity contribution in [1.82, 2.24) is 9.21 Å². The van der Waals surface area contributed by atoms with E-state index in [4.69, 9.17) is 9.47 Å². The monoisotopic (exact) mass is 485 g/mol. The van der Waals surface area contributed by atoms with Crippen LogP contribution in [-0.4, -0.2) is 68.8 Å². The minimum Gasteiger partial charge on any atom is -0.496 e. The molecule has 10 heteroatoms. The molecule has 2 amide bonds. The second-order valence-corrected chi connectivity index (χ2v) is 9.90. The van der Waals surface area contributed by atoms with Gasteiger partial charge >= 0.3 is 0 Å². The first kappa shape index (κ1) is 23.8. The molecule has 0 aromatic heterocycles. The van der Waals surface area contributed by atoms with Crippen LogP contribution in [0.15, 0.2) is 53.4 Å². The fourth-order valence-corrected chi connectivity index (χ4v) is 5.38. The van der Waals surface area contributed by atoms with E-state index < -0.39 is 16.1 Å². The lowest BCUT2D eigenvalue weighted by atomic mass is 10.2. The van der Waals surface area contributed by atoms with E-state index in [1.54, 1.807) is 24.2 Å². The Bertz CT molecular complexity index is 1220. The van der Waals surface area contributed by atoms with Crippen molar-refractivity contribution in [2.45, 2.75) is 24.3 Å². The number of ether oxygens (including phenoxy) is 2. The van der Waals surface area contributed by atoms with E-state index in [2.05, 4.69) is 5.32 Å². The van der Waals surface area contributed by atoms with Crippen molar-refractivity contribution in [2.75, 3.05) is 38.6 Å². The maximum atomic E-state index is 13.2. The van der Waals surface area contributed by atoms with Gasteiger partial charge in [-0.25, -0.2) is 8.42 Å². The van der Waals surface area contributed by atoms with Crippen LogP contribution in [0.25, 0.3) is 6.08 Å². The van der Waals surface area contributed by atoms with Gasteiger partial charge in [-0.1, -0.05) is 25.1 Å². The van der Waals surface area contributed by atoms with E-state index >= 15 is 0 Å². The van der Waals surface area contributed by atoms with Crippen LogP contribution in [0.1, 0.15) is 18.9 Å². The third-order valence-electron chi connectivity index (χ3n) is 5.87. The van der Waals surface area contributed by atoms with E-state index in [1.165, 1.54) is 22.5 Å². The van der Waals surface area contributed by atoms with Crippen molar-refractivity contribution in [3.05, 3.63) is 54.1 Å². The number of fused-ring (bicyclic) bond motifs is 1. The molecule has 0 aliphatic carbocycles. The van der Waals surface area contributed by atoms with E-state index in [9.17, 15) is 18.0 Å². The second kappa shape index (κ2) is 9.86. The molecule has 1 saturated heterocycles. The number of rotatable bonds is 6. The summed E-state index contributed by atoms with van der Waals surface area (Å²) in [5, 5.41) is 2.72. The van der Waals surface area contributed by atoms with Gasteiger partial charge < -0.3 is 19.7 Å². The van der Waals surface area contributed by atoms with Gasteiger partial charge in [0.15, 0.2) is 6.10 Å². The average Bonchev–Trinajstić information content (AvgIpc) is 2.86.